The first-order valence-electron chi connectivity index (χ1n) is 8.40. The molecule has 0 atom stereocenters. The van der Waals surface area contributed by atoms with Crippen molar-refractivity contribution < 1.29 is 9.53 Å². The maximum absolute atomic E-state index is 12.1. The molecule has 1 amide bonds. The van der Waals surface area contributed by atoms with Crippen LogP contribution < -0.4 is 10.1 Å². The Kier molecular flexibility index (Phi) is 7.56. The fourth-order valence-electron chi connectivity index (χ4n) is 2.28. The van der Waals surface area contributed by atoms with Crippen molar-refractivity contribution in [3.63, 3.8) is 0 Å². The molecule has 1 N–H and O–H groups in total. The lowest BCUT2D eigenvalue weighted by molar-refractivity contribution is -0.116. The number of nitrogens with one attached hydrogen (secondary N) is 1. The molecule has 0 aliphatic rings. The van der Waals surface area contributed by atoms with Crippen LogP contribution in [-0.2, 0) is 10.5 Å². The average Bonchev–Trinajstić information content (AvgIpc) is 3.10. The molecule has 0 saturated heterocycles. The number of halogens is 2. The third-order valence-electron chi connectivity index (χ3n) is 3.73. The van der Waals surface area contributed by atoms with E-state index in [1.807, 2.05) is 31.2 Å². The van der Waals surface area contributed by atoms with Crippen LogP contribution in [-0.4, -0.2) is 22.7 Å². The summed E-state index contributed by atoms with van der Waals surface area (Å²) >= 11 is 15.1. The molecule has 1 aromatic heterocycles. The molecule has 0 aliphatic carbocycles. The van der Waals surface area contributed by atoms with Crippen molar-refractivity contribution in [2.45, 2.75) is 23.4 Å². The first-order valence-corrected chi connectivity index (χ1v) is 11.0. The summed E-state index contributed by atoms with van der Waals surface area (Å²) in [5.74, 6) is 1.18. The van der Waals surface area contributed by atoms with Gasteiger partial charge in [0.25, 0.3) is 0 Å². The van der Waals surface area contributed by atoms with Gasteiger partial charge in [-0.05, 0) is 36.2 Å². The predicted octanol–water partition coefficient (Wildman–Crippen LogP) is 5.85. The molecular weight excluding hydrogens is 437 g/mol. The highest BCUT2D eigenvalue weighted by molar-refractivity contribution is 8.00. The molecule has 5 nitrogen and oxygen atoms in total. The largest absolute Gasteiger partial charge is 0.493 e. The third kappa shape index (κ3) is 5.85. The number of anilines is 1. The maximum atomic E-state index is 12.1. The Hall–Kier alpha value is -1.80. The van der Waals surface area contributed by atoms with Gasteiger partial charge in [0.05, 0.1) is 13.0 Å². The Morgan fingerprint density at radius 2 is 1.89 bits per heavy atom. The summed E-state index contributed by atoms with van der Waals surface area (Å²) in [4.78, 5) is 12.1. The third-order valence-corrected chi connectivity index (χ3v) is 6.44. The number of carbonyl (C=O) groups is 1. The molecular formula is C19H17Cl2N3O2S2. The fourth-order valence-corrected chi connectivity index (χ4v) is 4.79. The molecule has 1 heterocycles. The second kappa shape index (κ2) is 10.1. The van der Waals surface area contributed by atoms with Gasteiger partial charge < -0.3 is 10.1 Å². The van der Waals surface area contributed by atoms with Crippen molar-refractivity contribution in [1.29, 1.82) is 0 Å². The molecule has 9 heteroatoms. The van der Waals surface area contributed by atoms with Gasteiger partial charge in [0.2, 0.25) is 11.0 Å². The SMILES string of the molecule is Cc1ccccc1OCCC(=O)Nc1nnc(SCc2c(Cl)cccc2Cl)s1. The van der Waals surface area contributed by atoms with E-state index in [-0.39, 0.29) is 12.3 Å². The van der Waals surface area contributed by atoms with E-state index in [4.69, 9.17) is 27.9 Å². The van der Waals surface area contributed by atoms with Gasteiger partial charge in [0.15, 0.2) is 4.34 Å². The summed E-state index contributed by atoms with van der Waals surface area (Å²) in [6.45, 7) is 2.26. The Morgan fingerprint density at radius 3 is 2.64 bits per heavy atom. The van der Waals surface area contributed by atoms with E-state index in [0.717, 1.165) is 21.2 Å². The number of hydrogen-bond acceptors (Lipinski definition) is 6. The first-order chi connectivity index (χ1) is 13.5. The van der Waals surface area contributed by atoms with Gasteiger partial charge in [-0.15, -0.1) is 10.2 Å². The Balaban J connectivity index is 1.46. The van der Waals surface area contributed by atoms with Crippen molar-refractivity contribution in [2.24, 2.45) is 0 Å². The van der Waals surface area contributed by atoms with Crippen LogP contribution in [0.25, 0.3) is 0 Å². The number of carbonyl (C=O) groups excluding carboxylic acids is 1. The topological polar surface area (TPSA) is 64.1 Å². The van der Waals surface area contributed by atoms with Gasteiger partial charge in [-0.2, -0.15) is 0 Å². The summed E-state index contributed by atoms with van der Waals surface area (Å²) in [5, 5.41) is 12.5. The molecule has 2 aromatic carbocycles. The zero-order chi connectivity index (χ0) is 19.9. The van der Waals surface area contributed by atoms with E-state index in [0.29, 0.717) is 27.5 Å². The number of nitrogens with zero attached hydrogens (tertiary/aromatic N) is 2. The normalized spacial score (nSPS) is 10.7. The molecule has 0 saturated carbocycles. The van der Waals surface area contributed by atoms with E-state index < -0.39 is 0 Å². The van der Waals surface area contributed by atoms with Crippen molar-refractivity contribution in [3.05, 3.63) is 63.6 Å². The Bertz CT molecular complexity index is 946. The number of hydrogen-bond donors (Lipinski definition) is 1. The van der Waals surface area contributed by atoms with Gasteiger partial charge in [-0.25, -0.2) is 0 Å². The highest BCUT2D eigenvalue weighted by atomic mass is 35.5. The van der Waals surface area contributed by atoms with Crippen LogP contribution in [0.5, 0.6) is 5.75 Å². The van der Waals surface area contributed by atoms with E-state index in [9.17, 15) is 4.79 Å². The van der Waals surface area contributed by atoms with E-state index in [2.05, 4.69) is 15.5 Å². The molecule has 0 aliphatic heterocycles. The number of para-hydroxylation sites is 1. The number of rotatable bonds is 8. The minimum Gasteiger partial charge on any atom is -0.493 e. The number of ether oxygens (including phenoxy) is 1. The number of benzene rings is 2. The van der Waals surface area contributed by atoms with E-state index >= 15 is 0 Å². The molecule has 3 rings (SSSR count). The lowest BCUT2D eigenvalue weighted by Gasteiger charge is -2.08. The van der Waals surface area contributed by atoms with Crippen LogP contribution >= 0.6 is 46.3 Å². The Morgan fingerprint density at radius 1 is 1.14 bits per heavy atom. The zero-order valence-electron chi connectivity index (χ0n) is 14.9. The molecule has 3 aromatic rings. The molecule has 146 valence electrons. The molecule has 0 bridgehead atoms. The van der Waals surface area contributed by atoms with Crippen molar-refractivity contribution in [3.8, 4) is 5.75 Å². The number of thioether (sulfide) groups is 1. The van der Waals surface area contributed by atoms with Crippen molar-refractivity contribution in [1.82, 2.24) is 10.2 Å². The van der Waals surface area contributed by atoms with Crippen LogP contribution in [0, 0.1) is 6.92 Å². The van der Waals surface area contributed by atoms with Crippen molar-refractivity contribution >= 4 is 57.3 Å². The smallest absolute Gasteiger partial charge is 0.229 e. The van der Waals surface area contributed by atoms with Gasteiger partial charge in [-0.1, -0.05) is 70.6 Å². The van der Waals surface area contributed by atoms with Crippen LogP contribution in [0.15, 0.2) is 46.8 Å². The fraction of sp³-hybridized carbons (Fsp3) is 0.211. The number of amides is 1. The van der Waals surface area contributed by atoms with Gasteiger partial charge >= 0.3 is 0 Å². The van der Waals surface area contributed by atoms with Crippen LogP contribution in [0.3, 0.4) is 0 Å². The highest BCUT2D eigenvalue weighted by Gasteiger charge is 2.11. The maximum Gasteiger partial charge on any atom is 0.229 e. The summed E-state index contributed by atoms with van der Waals surface area (Å²) < 4.78 is 6.36. The summed E-state index contributed by atoms with van der Waals surface area (Å²) in [6.07, 6.45) is 0.228. The molecule has 0 fully saturated rings. The van der Waals surface area contributed by atoms with Crippen LogP contribution in [0.4, 0.5) is 5.13 Å². The summed E-state index contributed by atoms with van der Waals surface area (Å²) in [7, 11) is 0. The standard InChI is InChI=1S/C19H17Cl2N3O2S2/c1-12-5-2-3-8-16(12)26-10-9-17(25)22-18-23-24-19(28-18)27-11-13-14(20)6-4-7-15(13)21/h2-8H,9-11H2,1H3,(H,22,23,25). The van der Waals surface area contributed by atoms with Gasteiger partial charge in [0.1, 0.15) is 5.75 Å². The number of aromatic nitrogens is 2. The first kappa shape index (κ1) is 20.9. The van der Waals surface area contributed by atoms with Gasteiger partial charge in [0, 0.05) is 15.8 Å². The predicted molar refractivity (Wildman–Crippen MR) is 116 cm³/mol. The highest BCUT2D eigenvalue weighted by Crippen LogP contribution is 2.33. The van der Waals surface area contributed by atoms with E-state index in [1.165, 1.54) is 23.1 Å². The van der Waals surface area contributed by atoms with E-state index in [1.54, 1.807) is 18.2 Å². The second-order valence-corrected chi connectivity index (χ2v) is 8.79. The second-order valence-electron chi connectivity index (χ2n) is 5.77. The van der Waals surface area contributed by atoms with Crippen LogP contribution in [0.2, 0.25) is 10.0 Å². The summed E-state index contributed by atoms with van der Waals surface area (Å²) in [6, 6.07) is 13.1. The Labute approximate surface area is 181 Å². The molecule has 0 radical (unpaired) electrons. The molecule has 28 heavy (non-hydrogen) atoms. The zero-order valence-corrected chi connectivity index (χ0v) is 18.1. The molecule has 0 unspecified atom stereocenters. The van der Waals surface area contributed by atoms with Crippen molar-refractivity contribution in [2.75, 3.05) is 11.9 Å². The quantitative estimate of drug-likeness (QED) is 0.342. The lowest BCUT2D eigenvalue weighted by Crippen LogP contribution is -2.15. The van der Waals surface area contributed by atoms with Crippen LogP contribution in [0.1, 0.15) is 17.5 Å². The summed E-state index contributed by atoms with van der Waals surface area (Å²) in [5.41, 5.74) is 1.89. The lowest BCUT2D eigenvalue weighted by atomic mass is 10.2. The monoisotopic (exact) mass is 453 g/mol. The molecule has 0 spiro atoms. The minimum atomic E-state index is -0.171. The van der Waals surface area contributed by atoms with Gasteiger partial charge in [-0.3, -0.25) is 4.79 Å². The number of aryl methyl sites for hydroxylation is 1. The minimum absolute atomic E-state index is 0.171. The average molecular weight is 454 g/mol.